The summed E-state index contributed by atoms with van der Waals surface area (Å²) in [5.74, 6) is -0.939. The van der Waals surface area contributed by atoms with E-state index in [1.165, 1.54) is 6.07 Å². The van der Waals surface area contributed by atoms with Crippen LogP contribution >= 0.6 is 0 Å². The summed E-state index contributed by atoms with van der Waals surface area (Å²) in [6.07, 6.45) is -3.27. The van der Waals surface area contributed by atoms with Crippen LogP contribution in [-0.4, -0.2) is 6.29 Å². The fourth-order valence-electron chi connectivity index (χ4n) is 1.28. The molecule has 0 N–H and O–H groups in total. The number of halogens is 3. The number of hydrogen-bond acceptors (Lipinski definition) is 2. The van der Waals surface area contributed by atoms with Crippen molar-refractivity contribution in [3.05, 3.63) is 23.5 Å². The molecule has 14 heavy (non-hydrogen) atoms. The normalized spacial score (nSPS) is 17.1. The molecule has 2 nitrogen and oxygen atoms in total. The van der Waals surface area contributed by atoms with Crippen molar-refractivity contribution in [1.82, 2.24) is 0 Å². The predicted octanol–water partition coefficient (Wildman–Crippen LogP) is 2.71. The Bertz CT molecular complexity index is 377. The minimum Gasteiger partial charge on any atom is -0.395 e. The number of hydrogen-bond donors (Lipinski definition) is 0. The van der Waals surface area contributed by atoms with E-state index < -0.39 is 12.1 Å². The van der Waals surface area contributed by atoms with Gasteiger partial charge in [0.25, 0.3) is 0 Å². The monoisotopic (exact) mass is 204 g/mol. The van der Waals surface area contributed by atoms with Crippen molar-refractivity contribution in [1.29, 1.82) is 0 Å². The molecule has 0 amide bonds. The van der Waals surface area contributed by atoms with E-state index in [1.54, 1.807) is 6.92 Å². The molecule has 1 heterocycles. The third-order valence-corrected chi connectivity index (χ3v) is 1.95. The predicted molar refractivity (Wildman–Crippen MR) is 42.0 cm³/mol. The van der Waals surface area contributed by atoms with Gasteiger partial charge >= 0.3 is 6.29 Å². The lowest BCUT2D eigenvalue weighted by molar-refractivity contribution is -0.286. The maximum absolute atomic E-state index is 13.1. The highest BCUT2D eigenvalue weighted by atomic mass is 19.3. The van der Waals surface area contributed by atoms with Crippen molar-refractivity contribution in [3.63, 3.8) is 0 Å². The largest absolute Gasteiger partial charge is 0.586 e. The average Bonchev–Trinajstić information content (AvgIpc) is 2.36. The van der Waals surface area contributed by atoms with Crippen LogP contribution in [0.4, 0.5) is 13.2 Å². The standard InChI is InChI=1S/C9H7F3O2/c1-2-5-3-7-8(4-6(5)10)14-9(11,12)13-7/h3-4H,2H2,1H3. The Morgan fingerprint density at radius 1 is 1.21 bits per heavy atom. The number of benzene rings is 1. The lowest BCUT2D eigenvalue weighted by Crippen LogP contribution is -2.25. The van der Waals surface area contributed by atoms with Crippen molar-refractivity contribution in [2.24, 2.45) is 0 Å². The number of ether oxygens (including phenoxy) is 2. The van der Waals surface area contributed by atoms with E-state index in [4.69, 9.17) is 0 Å². The summed E-state index contributed by atoms with van der Waals surface area (Å²) in [7, 11) is 0. The maximum atomic E-state index is 13.1. The van der Waals surface area contributed by atoms with Gasteiger partial charge in [0, 0.05) is 6.07 Å². The van der Waals surface area contributed by atoms with Gasteiger partial charge in [-0.05, 0) is 18.1 Å². The molecule has 0 unspecified atom stereocenters. The minimum absolute atomic E-state index is 0.117. The summed E-state index contributed by atoms with van der Waals surface area (Å²) in [6, 6.07) is 2.14. The van der Waals surface area contributed by atoms with Crippen LogP contribution in [0.25, 0.3) is 0 Å². The zero-order valence-electron chi connectivity index (χ0n) is 7.31. The molecule has 0 bridgehead atoms. The SMILES string of the molecule is CCc1cc2c(cc1F)OC(F)(F)O2. The molecule has 0 saturated heterocycles. The number of fused-ring (bicyclic) bond motifs is 1. The second kappa shape index (κ2) is 2.80. The highest BCUT2D eigenvalue weighted by Crippen LogP contribution is 2.42. The zero-order chi connectivity index (χ0) is 10.3. The Kier molecular flexibility index (Phi) is 1.83. The van der Waals surface area contributed by atoms with Crippen LogP contribution in [0.2, 0.25) is 0 Å². The van der Waals surface area contributed by atoms with E-state index in [-0.39, 0.29) is 11.5 Å². The maximum Gasteiger partial charge on any atom is 0.586 e. The fourth-order valence-corrected chi connectivity index (χ4v) is 1.28. The lowest BCUT2D eigenvalue weighted by atomic mass is 10.1. The van der Waals surface area contributed by atoms with Crippen molar-refractivity contribution >= 4 is 0 Å². The first-order chi connectivity index (χ1) is 6.52. The molecule has 0 aliphatic carbocycles. The summed E-state index contributed by atoms with van der Waals surface area (Å²) >= 11 is 0. The second-order valence-electron chi connectivity index (χ2n) is 2.91. The highest BCUT2D eigenvalue weighted by molar-refractivity contribution is 5.45. The first-order valence-corrected chi connectivity index (χ1v) is 4.10. The summed E-state index contributed by atoms with van der Waals surface area (Å²) in [6.45, 7) is 1.72. The van der Waals surface area contributed by atoms with Gasteiger partial charge in [0.1, 0.15) is 5.82 Å². The first kappa shape index (κ1) is 9.18. The number of aryl methyl sites for hydroxylation is 1. The summed E-state index contributed by atoms with van der Waals surface area (Å²) in [5, 5.41) is 0. The smallest absolute Gasteiger partial charge is 0.395 e. The Morgan fingerprint density at radius 3 is 2.36 bits per heavy atom. The molecule has 1 aliphatic rings. The molecule has 0 spiro atoms. The Hall–Kier alpha value is -1.39. The molecule has 2 rings (SSSR count). The number of alkyl halides is 2. The summed E-state index contributed by atoms with van der Waals surface area (Å²) < 4.78 is 46.4. The van der Waals surface area contributed by atoms with E-state index in [9.17, 15) is 13.2 Å². The second-order valence-corrected chi connectivity index (χ2v) is 2.91. The third kappa shape index (κ3) is 1.38. The van der Waals surface area contributed by atoms with Crippen molar-refractivity contribution in [3.8, 4) is 11.5 Å². The number of rotatable bonds is 1. The quantitative estimate of drug-likeness (QED) is 0.700. The molecule has 1 aromatic carbocycles. The lowest BCUT2D eigenvalue weighted by Gasteiger charge is -2.04. The Morgan fingerprint density at radius 2 is 1.79 bits per heavy atom. The molecule has 0 saturated carbocycles. The topological polar surface area (TPSA) is 18.5 Å². The molecule has 0 atom stereocenters. The first-order valence-electron chi connectivity index (χ1n) is 4.10. The zero-order valence-corrected chi connectivity index (χ0v) is 7.31. The van der Waals surface area contributed by atoms with Gasteiger partial charge in [0.15, 0.2) is 11.5 Å². The van der Waals surface area contributed by atoms with Gasteiger partial charge in [-0.1, -0.05) is 6.92 Å². The molecule has 0 fully saturated rings. The molecular formula is C9H7F3O2. The van der Waals surface area contributed by atoms with Crippen LogP contribution in [0, 0.1) is 5.82 Å². The van der Waals surface area contributed by atoms with Crippen LogP contribution in [0.5, 0.6) is 11.5 Å². The van der Waals surface area contributed by atoms with Crippen LogP contribution in [-0.2, 0) is 6.42 Å². The Labute approximate surface area is 78.2 Å². The van der Waals surface area contributed by atoms with Crippen molar-refractivity contribution in [2.45, 2.75) is 19.6 Å². The molecule has 1 aliphatic heterocycles. The molecule has 76 valence electrons. The summed E-state index contributed by atoms with van der Waals surface area (Å²) in [5.41, 5.74) is 0.324. The molecule has 5 heteroatoms. The minimum atomic E-state index is -3.68. The Balaban J connectivity index is 2.44. The van der Waals surface area contributed by atoms with Gasteiger partial charge in [-0.2, -0.15) is 0 Å². The van der Waals surface area contributed by atoms with E-state index in [2.05, 4.69) is 9.47 Å². The van der Waals surface area contributed by atoms with Crippen LogP contribution in [0.15, 0.2) is 12.1 Å². The average molecular weight is 204 g/mol. The molecular weight excluding hydrogens is 197 g/mol. The fraction of sp³-hybridized carbons (Fsp3) is 0.333. The van der Waals surface area contributed by atoms with E-state index in [0.29, 0.717) is 12.0 Å². The third-order valence-electron chi connectivity index (χ3n) is 1.95. The molecule has 0 radical (unpaired) electrons. The molecule has 1 aromatic rings. The van der Waals surface area contributed by atoms with Crippen LogP contribution < -0.4 is 9.47 Å². The van der Waals surface area contributed by atoms with E-state index >= 15 is 0 Å². The van der Waals surface area contributed by atoms with Crippen LogP contribution in [0.1, 0.15) is 12.5 Å². The van der Waals surface area contributed by atoms with Crippen molar-refractivity contribution in [2.75, 3.05) is 0 Å². The molecule has 0 aromatic heterocycles. The van der Waals surface area contributed by atoms with E-state index in [1.807, 2.05) is 0 Å². The van der Waals surface area contributed by atoms with Gasteiger partial charge in [-0.15, -0.1) is 8.78 Å². The van der Waals surface area contributed by atoms with Gasteiger partial charge < -0.3 is 9.47 Å². The van der Waals surface area contributed by atoms with Gasteiger partial charge in [-0.25, -0.2) is 4.39 Å². The highest BCUT2D eigenvalue weighted by Gasteiger charge is 2.43. The van der Waals surface area contributed by atoms with Gasteiger partial charge in [0.2, 0.25) is 0 Å². The van der Waals surface area contributed by atoms with Crippen LogP contribution in [0.3, 0.4) is 0 Å². The summed E-state index contributed by atoms with van der Waals surface area (Å²) in [4.78, 5) is 0. The van der Waals surface area contributed by atoms with Gasteiger partial charge in [-0.3, -0.25) is 0 Å². The van der Waals surface area contributed by atoms with Crippen molar-refractivity contribution < 1.29 is 22.6 Å². The van der Waals surface area contributed by atoms with Gasteiger partial charge in [0.05, 0.1) is 0 Å². The van der Waals surface area contributed by atoms with E-state index in [0.717, 1.165) is 6.07 Å².